The molecule has 16 heavy (non-hydrogen) atoms. The van der Waals surface area contributed by atoms with Crippen LogP contribution in [0.15, 0.2) is 0 Å². The van der Waals surface area contributed by atoms with Gasteiger partial charge in [0.05, 0.1) is 0 Å². The third-order valence-electron chi connectivity index (χ3n) is 3.20. The second kappa shape index (κ2) is 8.57. The Morgan fingerprint density at radius 3 is 3.00 bits per heavy atom. The van der Waals surface area contributed by atoms with E-state index in [0.29, 0.717) is 12.3 Å². The maximum Gasteiger partial charge on any atom is 0.220 e. The quantitative estimate of drug-likeness (QED) is 0.662. The highest BCUT2D eigenvalue weighted by molar-refractivity contribution is 5.75. The highest BCUT2D eigenvalue weighted by atomic mass is 16.1. The van der Waals surface area contributed by atoms with Crippen LogP contribution >= 0.6 is 0 Å². The van der Waals surface area contributed by atoms with Gasteiger partial charge in [-0.3, -0.25) is 4.79 Å². The van der Waals surface area contributed by atoms with Gasteiger partial charge < -0.3 is 5.32 Å². The number of nitrogens with zero attached hydrogens (tertiary/aromatic N) is 1. The molecule has 0 bridgehead atoms. The van der Waals surface area contributed by atoms with E-state index in [0.717, 1.165) is 32.5 Å². The number of carbonyl (C=O) groups excluding carboxylic acids is 1. The summed E-state index contributed by atoms with van der Waals surface area (Å²) in [6.45, 7) is 5.03. The van der Waals surface area contributed by atoms with Crippen LogP contribution < -0.4 is 10.6 Å². The molecule has 1 N–H and O–H groups in total. The van der Waals surface area contributed by atoms with Crippen LogP contribution in [0.25, 0.3) is 0 Å². The summed E-state index contributed by atoms with van der Waals surface area (Å²) < 4.78 is 0. The number of unbranched alkanes of at least 4 members (excludes halogenated alkanes) is 2. The van der Waals surface area contributed by atoms with Gasteiger partial charge in [0.25, 0.3) is 0 Å². The number of rotatable bonds is 7. The molecule has 0 aliphatic carbocycles. The zero-order chi connectivity index (χ0) is 11.6. The molecule has 1 amide bonds. The third kappa shape index (κ3) is 6.11. The SMILES string of the molecule is CCCCCNC(=O)CCC1CCC[N]C1. The highest BCUT2D eigenvalue weighted by Crippen LogP contribution is 2.16. The van der Waals surface area contributed by atoms with Crippen molar-refractivity contribution in [3.8, 4) is 0 Å². The fraction of sp³-hybridized carbons (Fsp3) is 0.923. The Hall–Kier alpha value is -0.570. The molecule has 1 fully saturated rings. The molecule has 0 aromatic rings. The molecule has 0 aromatic carbocycles. The lowest BCUT2D eigenvalue weighted by molar-refractivity contribution is -0.121. The Morgan fingerprint density at radius 1 is 1.44 bits per heavy atom. The van der Waals surface area contributed by atoms with E-state index in [1.807, 2.05) is 0 Å². The highest BCUT2D eigenvalue weighted by Gasteiger charge is 2.14. The molecule has 1 unspecified atom stereocenters. The van der Waals surface area contributed by atoms with E-state index in [1.165, 1.54) is 25.7 Å². The Balaban J connectivity index is 1.96. The fourth-order valence-corrected chi connectivity index (χ4v) is 2.12. The Morgan fingerprint density at radius 2 is 2.31 bits per heavy atom. The van der Waals surface area contributed by atoms with Crippen molar-refractivity contribution in [2.24, 2.45) is 5.92 Å². The van der Waals surface area contributed by atoms with E-state index in [-0.39, 0.29) is 5.91 Å². The average Bonchev–Trinajstić information content (AvgIpc) is 2.33. The maximum absolute atomic E-state index is 11.5. The smallest absolute Gasteiger partial charge is 0.220 e. The van der Waals surface area contributed by atoms with E-state index >= 15 is 0 Å². The van der Waals surface area contributed by atoms with Crippen molar-refractivity contribution in [1.82, 2.24) is 10.6 Å². The first-order valence-electron chi connectivity index (χ1n) is 6.73. The first-order chi connectivity index (χ1) is 7.83. The summed E-state index contributed by atoms with van der Waals surface area (Å²) in [5.74, 6) is 0.886. The van der Waals surface area contributed by atoms with Crippen LogP contribution in [0, 0.1) is 5.92 Å². The van der Waals surface area contributed by atoms with Gasteiger partial charge in [0.1, 0.15) is 0 Å². The number of hydrogen-bond acceptors (Lipinski definition) is 1. The summed E-state index contributed by atoms with van der Waals surface area (Å²) in [4.78, 5) is 11.5. The van der Waals surface area contributed by atoms with E-state index in [1.54, 1.807) is 0 Å². The van der Waals surface area contributed by atoms with Gasteiger partial charge in [0.2, 0.25) is 5.91 Å². The van der Waals surface area contributed by atoms with Crippen molar-refractivity contribution in [1.29, 1.82) is 0 Å². The zero-order valence-electron chi connectivity index (χ0n) is 10.5. The first-order valence-corrected chi connectivity index (χ1v) is 6.73. The van der Waals surface area contributed by atoms with Crippen molar-refractivity contribution in [3.05, 3.63) is 0 Å². The predicted octanol–water partition coefficient (Wildman–Crippen LogP) is 2.09. The molecule has 0 saturated carbocycles. The minimum Gasteiger partial charge on any atom is -0.356 e. The van der Waals surface area contributed by atoms with Gasteiger partial charge >= 0.3 is 0 Å². The van der Waals surface area contributed by atoms with Crippen molar-refractivity contribution in [2.45, 2.75) is 51.9 Å². The second-order valence-corrected chi connectivity index (χ2v) is 4.73. The topological polar surface area (TPSA) is 43.2 Å². The molecule has 1 aliphatic rings. The molecule has 93 valence electrons. The molecule has 1 saturated heterocycles. The van der Waals surface area contributed by atoms with Crippen molar-refractivity contribution < 1.29 is 4.79 Å². The van der Waals surface area contributed by atoms with Crippen LogP contribution in [0.4, 0.5) is 0 Å². The van der Waals surface area contributed by atoms with Gasteiger partial charge in [-0.15, -0.1) is 0 Å². The number of nitrogens with one attached hydrogen (secondary N) is 1. The van der Waals surface area contributed by atoms with Crippen LogP contribution in [0.5, 0.6) is 0 Å². The molecule has 1 atom stereocenters. The summed E-state index contributed by atoms with van der Waals surface area (Å²) in [6, 6.07) is 0. The van der Waals surface area contributed by atoms with Crippen molar-refractivity contribution >= 4 is 5.91 Å². The fourth-order valence-electron chi connectivity index (χ4n) is 2.12. The molecule has 0 spiro atoms. The van der Waals surface area contributed by atoms with E-state index in [9.17, 15) is 4.79 Å². The van der Waals surface area contributed by atoms with Crippen molar-refractivity contribution in [2.75, 3.05) is 19.6 Å². The van der Waals surface area contributed by atoms with Gasteiger partial charge in [-0.25, -0.2) is 5.32 Å². The molecule has 1 aliphatic heterocycles. The van der Waals surface area contributed by atoms with Gasteiger partial charge in [-0.2, -0.15) is 0 Å². The largest absolute Gasteiger partial charge is 0.356 e. The molecule has 3 nitrogen and oxygen atoms in total. The maximum atomic E-state index is 11.5. The Labute approximate surface area is 99.4 Å². The lowest BCUT2D eigenvalue weighted by Gasteiger charge is -2.20. The average molecular weight is 225 g/mol. The number of carbonyl (C=O) groups is 1. The number of piperidine rings is 1. The predicted molar refractivity (Wildman–Crippen MR) is 66.4 cm³/mol. The van der Waals surface area contributed by atoms with Crippen LogP contribution in [-0.4, -0.2) is 25.5 Å². The molecular weight excluding hydrogens is 200 g/mol. The molecule has 3 heteroatoms. The molecule has 1 heterocycles. The van der Waals surface area contributed by atoms with E-state index in [2.05, 4.69) is 17.6 Å². The number of amides is 1. The van der Waals surface area contributed by atoms with Gasteiger partial charge in [0, 0.05) is 26.1 Å². The van der Waals surface area contributed by atoms with Gasteiger partial charge in [0.15, 0.2) is 0 Å². The van der Waals surface area contributed by atoms with Crippen LogP contribution in [0.2, 0.25) is 0 Å². The zero-order valence-corrected chi connectivity index (χ0v) is 10.5. The minimum atomic E-state index is 0.224. The van der Waals surface area contributed by atoms with Crippen LogP contribution in [-0.2, 0) is 4.79 Å². The van der Waals surface area contributed by atoms with Crippen LogP contribution in [0.3, 0.4) is 0 Å². The monoisotopic (exact) mass is 225 g/mol. The second-order valence-electron chi connectivity index (χ2n) is 4.73. The molecule has 1 rings (SSSR count). The summed E-state index contributed by atoms with van der Waals surface area (Å²) in [7, 11) is 0. The van der Waals surface area contributed by atoms with Crippen LogP contribution in [0.1, 0.15) is 51.9 Å². The minimum absolute atomic E-state index is 0.224. The van der Waals surface area contributed by atoms with Gasteiger partial charge in [-0.05, 0) is 31.6 Å². The Bertz CT molecular complexity index is 188. The van der Waals surface area contributed by atoms with E-state index < -0.39 is 0 Å². The standard InChI is InChI=1S/C13H25N2O/c1-2-3-4-10-15-13(16)8-7-12-6-5-9-14-11-12/h12H,2-11H2,1H3,(H,15,16). The lowest BCUT2D eigenvalue weighted by atomic mass is 9.94. The molecule has 0 aromatic heterocycles. The van der Waals surface area contributed by atoms with E-state index in [4.69, 9.17) is 0 Å². The normalized spacial score (nSPS) is 20.7. The third-order valence-corrected chi connectivity index (χ3v) is 3.20. The number of hydrogen-bond donors (Lipinski definition) is 1. The lowest BCUT2D eigenvalue weighted by Crippen LogP contribution is -2.28. The van der Waals surface area contributed by atoms with Gasteiger partial charge in [-0.1, -0.05) is 19.8 Å². The van der Waals surface area contributed by atoms with Crippen molar-refractivity contribution in [3.63, 3.8) is 0 Å². The molecule has 1 radical (unpaired) electrons. The summed E-state index contributed by atoms with van der Waals surface area (Å²) in [5.41, 5.74) is 0. The summed E-state index contributed by atoms with van der Waals surface area (Å²) in [5, 5.41) is 7.38. The first kappa shape index (κ1) is 13.5. The summed E-state index contributed by atoms with van der Waals surface area (Å²) in [6.07, 6.45) is 7.70. The molecular formula is C13H25N2O. The Kier molecular flexibility index (Phi) is 7.23. The summed E-state index contributed by atoms with van der Waals surface area (Å²) >= 11 is 0.